The van der Waals surface area contributed by atoms with Crippen LogP contribution in [0, 0.1) is 0 Å². The maximum atomic E-state index is 12.0. The van der Waals surface area contributed by atoms with Crippen molar-refractivity contribution >= 4 is 39.0 Å². The van der Waals surface area contributed by atoms with E-state index in [1.54, 1.807) is 12.1 Å². The summed E-state index contributed by atoms with van der Waals surface area (Å²) in [5, 5.41) is 2.86. The van der Waals surface area contributed by atoms with E-state index in [4.69, 9.17) is 18.0 Å². The first-order valence-electron chi connectivity index (χ1n) is 5.27. The summed E-state index contributed by atoms with van der Waals surface area (Å²) in [5.41, 5.74) is 5.58. The quantitative estimate of drug-likeness (QED) is 0.840. The normalized spacial score (nSPS) is 13.8. The Hall–Kier alpha value is -0.940. The Labute approximate surface area is 115 Å². The number of hydrogen-bond donors (Lipinski definition) is 2. The molecule has 3 N–H and O–H groups in total. The van der Waals surface area contributed by atoms with Crippen LogP contribution in [0.25, 0.3) is 0 Å². The smallest absolute Gasteiger partial charge is 0.252 e. The summed E-state index contributed by atoms with van der Waals surface area (Å²) >= 11 is 8.30. The highest BCUT2D eigenvalue weighted by molar-refractivity contribution is 9.10. The van der Waals surface area contributed by atoms with Crippen molar-refractivity contribution in [3.63, 3.8) is 0 Å². The third-order valence-electron chi connectivity index (χ3n) is 2.73. The lowest BCUT2D eigenvalue weighted by Gasteiger charge is -2.28. The topological polar surface area (TPSA) is 55.1 Å². The van der Waals surface area contributed by atoms with E-state index < -0.39 is 5.54 Å². The fourth-order valence-corrected chi connectivity index (χ4v) is 1.87. The number of halogens is 1. The van der Waals surface area contributed by atoms with Crippen LogP contribution in [0.1, 0.15) is 30.6 Å². The van der Waals surface area contributed by atoms with Crippen LogP contribution in [0.3, 0.4) is 0 Å². The standard InChI is InChI=1S/C12H15BrN2OS/c1-3-12(2,11(14)17)15-10(16)8-5-4-6-9(13)7-8/h4-7H,3H2,1-2H3,(H2,14,17)(H,15,16). The Balaban J connectivity index is 2.89. The first-order chi connectivity index (χ1) is 7.89. The van der Waals surface area contributed by atoms with Crippen LogP contribution in [-0.4, -0.2) is 16.4 Å². The number of benzene rings is 1. The molecule has 1 aromatic carbocycles. The molecule has 17 heavy (non-hydrogen) atoms. The highest BCUT2D eigenvalue weighted by atomic mass is 79.9. The molecule has 0 aromatic heterocycles. The Bertz CT molecular complexity index is 450. The summed E-state index contributed by atoms with van der Waals surface area (Å²) in [5.74, 6) is -0.177. The number of rotatable bonds is 4. The molecule has 92 valence electrons. The van der Waals surface area contributed by atoms with Crippen molar-refractivity contribution < 1.29 is 4.79 Å². The van der Waals surface area contributed by atoms with Gasteiger partial charge in [0.25, 0.3) is 5.91 Å². The van der Waals surface area contributed by atoms with E-state index in [9.17, 15) is 4.79 Å². The molecule has 1 amide bonds. The summed E-state index contributed by atoms with van der Waals surface area (Å²) in [6, 6.07) is 7.17. The van der Waals surface area contributed by atoms with E-state index in [1.165, 1.54) is 0 Å². The number of carbonyl (C=O) groups excluding carboxylic acids is 1. The number of nitrogens with two attached hydrogens (primary N) is 1. The lowest BCUT2D eigenvalue weighted by molar-refractivity contribution is 0.0926. The molecule has 1 unspecified atom stereocenters. The predicted molar refractivity (Wildman–Crippen MR) is 77.1 cm³/mol. The van der Waals surface area contributed by atoms with Gasteiger partial charge in [-0.25, -0.2) is 0 Å². The number of amides is 1. The van der Waals surface area contributed by atoms with Crippen LogP contribution in [0.15, 0.2) is 28.7 Å². The zero-order chi connectivity index (χ0) is 13.1. The van der Waals surface area contributed by atoms with Crippen molar-refractivity contribution in [2.45, 2.75) is 25.8 Å². The molecule has 0 heterocycles. The van der Waals surface area contributed by atoms with E-state index >= 15 is 0 Å². The zero-order valence-electron chi connectivity index (χ0n) is 9.79. The van der Waals surface area contributed by atoms with E-state index in [-0.39, 0.29) is 5.91 Å². The minimum atomic E-state index is -0.644. The zero-order valence-corrected chi connectivity index (χ0v) is 12.2. The molecule has 0 saturated carbocycles. The Kier molecular flexibility index (Phi) is 4.65. The average Bonchev–Trinajstić information content (AvgIpc) is 2.28. The number of thiocarbonyl (C=S) groups is 1. The van der Waals surface area contributed by atoms with Crippen LogP contribution in [-0.2, 0) is 0 Å². The minimum absolute atomic E-state index is 0.177. The number of nitrogens with one attached hydrogen (secondary N) is 1. The van der Waals surface area contributed by atoms with Crippen molar-refractivity contribution in [2.75, 3.05) is 0 Å². The first-order valence-corrected chi connectivity index (χ1v) is 6.47. The molecule has 0 radical (unpaired) electrons. The summed E-state index contributed by atoms with van der Waals surface area (Å²) in [4.78, 5) is 12.3. The van der Waals surface area contributed by atoms with Crippen LogP contribution >= 0.6 is 28.1 Å². The molecule has 1 rings (SSSR count). The molecule has 0 aliphatic carbocycles. The van der Waals surface area contributed by atoms with Gasteiger partial charge < -0.3 is 11.1 Å². The summed E-state index contributed by atoms with van der Waals surface area (Å²) < 4.78 is 0.860. The summed E-state index contributed by atoms with van der Waals surface area (Å²) in [6.07, 6.45) is 0.655. The van der Waals surface area contributed by atoms with Gasteiger partial charge in [0.15, 0.2) is 0 Å². The fourth-order valence-electron chi connectivity index (χ4n) is 1.28. The lowest BCUT2D eigenvalue weighted by Crippen LogP contribution is -2.54. The van der Waals surface area contributed by atoms with Crippen LogP contribution in [0.5, 0.6) is 0 Å². The monoisotopic (exact) mass is 314 g/mol. The molecule has 1 aromatic rings. The molecular weight excluding hydrogens is 300 g/mol. The first kappa shape index (κ1) is 14.1. The van der Waals surface area contributed by atoms with Gasteiger partial charge in [0, 0.05) is 10.0 Å². The second-order valence-corrected chi connectivity index (χ2v) is 5.37. The highest BCUT2D eigenvalue weighted by Gasteiger charge is 2.27. The largest absolute Gasteiger partial charge is 0.391 e. The van der Waals surface area contributed by atoms with Gasteiger partial charge in [-0.15, -0.1) is 0 Å². The highest BCUT2D eigenvalue weighted by Crippen LogP contribution is 2.14. The van der Waals surface area contributed by atoms with Gasteiger partial charge in [0.05, 0.1) is 10.5 Å². The van der Waals surface area contributed by atoms with Gasteiger partial charge in [-0.05, 0) is 31.5 Å². The molecule has 0 saturated heterocycles. The van der Waals surface area contributed by atoms with E-state index in [1.807, 2.05) is 26.0 Å². The van der Waals surface area contributed by atoms with Gasteiger partial charge in [-0.1, -0.05) is 41.1 Å². The molecule has 0 aliphatic heterocycles. The summed E-state index contributed by atoms with van der Waals surface area (Å²) in [7, 11) is 0. The molecule has 0 bridgehead atoms. The van der Waals surface area contributed by atoms with E-state index in [2.05, 4.69) is 21.2 Å². The maximum absolute atomic E-state index is 12.0. The minimum Gasteiger partial charge on any atom is -0.391 e. The van der Waals surface area contributed by atoms with Crippen molar-refractivity contribution in [3.05, 3.63) is 34.3 Å². The van der Waals surface area contributed by atoms with Crippen molar-refractivity contribution in [3.8, 4) is 0 Å². The molecule has 5 heteroatoms. The molecule has 0 aliphatic rings. The molecule has 3 nitrogen and oxygen atoms in total. The van der Waals surface area contributed by atoms with Crippen molar-refractivity contribution in [1.29, 1.82) is 0 Å². The molecule has 0 fully saturated rings. The van der Waals surface area contributed by atoms with Gasteiger partial charge in [-0.2, -0.15) is 0 Å². The van der Waals surface area contributed by atoms with Crippen LogP contribution < -0.4 is 11.1 Å². The van der Waals surface area contributed by atoms with Crippen molar-refractivity contribution in [1.82, 2.24) is 5.32 Å². The van der Waals surface area contributed by atoms with Gasteiger partial charge in [-0.3, -0.25) is 4.79 Å². The fraction of sp³-hybridized carbons (Fsp3) is 0.333. The molecule has 0 spiro atoms. The summed E-state index contributed by atoms with van der Waals surface area (Å²) in [6.45, 7) is 3.76. The van der Waals surface area contributed by atoms with Gasteiger partial charge in [0.1, 0.15) is 0 Å². The number of hydrogen-bond acceptors (Lipinski definition) is 2. The van der Waals surface area contributed by atoms with E-state index in [0.29, 0.717) is 17.0 Å². The Morgan fingerprint density at radius 3 is 2.71 bits per heavy atom. The Morgan fingerprint density at radius 2 is 2.24 bits per heavy atom. The third-order valence-corrected chi connectivity index (χ3v) is 3.67. The predicted octanol–water partition coefficient (Wildman–Crippen LogP) is 2.63. The second kappa shape index (κ2) is 5.60. The molecule has 1 atom stereocenters. The average molecular weight is 315 g/mol. The molecular formula is C12H15BrN2OS. The maximum Gasteiger partial charge on any atom is 0.252 e. The lowest BCUT2D eigenvalue weighted by atomic mass is 9.98. The van der Waals surface area contributed by atoms with Crippen molar-refractivity contribution in [2.24, 2.45) is 5.73 Å². The van der Waals surface area contributed by atoms with Gasteiger partial charge in [0.2, 0.25) is 0 Å². The van der Waals surface area contributed by atoms with Crippen LogP contribution in [0.2, 0.25) is 0 Å². The SMILES string of the molecule is CCC(C)(NC(=O)c1cccc(Br)c1)C(N)=S. The third kappa shape index (κ3) is 3.51. The van der Waals surface area contributed by atoms with E-state index in [0.717, 1.165) is 4.47 Å². The number of carbonyl (C=O) groups is 1. The van der Waals surface area contributed by atoms with Crippen LogP contribution in [0.4, 0.5) is 0 Å². The van der Waals surface area contributed by atoms with Gasteiger partial charge >= 0.3 is 0 Å². The second-order valence-electron chi connectivity index (χ2n) is 4.01. The Morgan fingerprint density at radius 1 is 1.59 bits per heavy atom.